The molecule has 0 fully saturated rings. The first-order chi connectivity index (χ1) is 28.3. The normalized spacial score (nSPS) is 11.9. The minimum atomic E-state index is -0.617. The van der Waals surface area contributed by atoms with Crippen molar-refractivity contribution >= 4 is 53.3 Å². The van der Waals surface area contributed by atoms with Crippen molar-refractivity contribution in [3.63, 3.8) is 0 Å². The fourth-order valence-corrected chi connectivity index (χ4v) is 9.94. The van der Waals surface area contributed by atoms with E-state index >= 15 is 0 Å². The van der Waals surface area contributed by atoms with Gasteiger partial charge in [0.1, 0.15) is 0 Å². The summed E-state index contributed by atoms with van der Waals surface area (Å²) >= 11 is 1.78. The number of fused-ring (bicyclic) bond motifs is 6. The molecule has 4 nitrogen and oxygen atoms in total. The molecule has 5 heteroatoms. The van der Waals surface area contributed by atoms with Gasteiger partial charge in [-0.05, 0) is 52.6 Å². The van der Waals surface area contributed by atoms with E-state index in [0.29, 0.717) is 17.6 Å². The molecular weight excluding hydrogens is 713 g/mol. The lowest BCUT2D eigenvalue weighted by Gasteiger charge is -2.37. The number of rotatable bonds is 7. The molecule has 11 aromatic rings. The molecule has 268 valence electrons. The fourth-order valence-electron chi connectivity index (χ4n) is 8.73. The van der Waals surface area contributed by atoms with Crippen molar-refractivity contribution in [3.05, 3.63) is 229 Å². The maximum absolute atomic E-state index is 5.38. The lowest BCUT2D eigenvalue weighted by molar-refractivity contribution is 0.745. The van der Waals surface area contributed by atoms with Crippen molar-refractivity contribution in [2.24, 2.45) is 0 Å². The number of nitrogens with zero attached hydrogens (tertiary/aromatic N) is 4. The van der Waals surface area contributed by atoms with E-state index in [1.165, 1.54) is 32.2 Å². The molecule has 0 aliphatic heterocycles. The van der Waals surface area contributed by atoms with Crippen LogP contribution < -0.4 is 0 Å². The number of aromatic nitrogens is 4. The summed E-state index contributed by atoms with van der Waals surface area (Å²) in [5.74, 6) is 1.83. The Kier molecular flexibility index (Phi) is 7.86. The van der Waals surface area contributed by atoms with E-state index in [0.717, 1.165) is 43.2 Å². The van der Waals surface area contributed by atoms with Crippen molar-refractivity contribution in [1.82, 2.24) is 19.5 Å². The lowest BCUT2D eigenvalue weighted by atomic mass is 9.65. The van der Waals surface area contributed by atoms with Gasteiger partial charge in [0.15, 0.2) is 11.6 Å². The van der Waals surface area contributed by atoms with Crippen LogP contribution in [0.4, 0.5) is 0 Å². The Labute approximate surface area is 334 Å². The second-order valence-corrected chi connectivity index (χ2v) is 15.4. The van der Waals surface area contributed by atoms with E-state index in [1.54, 1.807) is 11.3 Å². The molecule has 8 aromatic carbocycles. The third-order valence-electron chi connectivity index (χ3n) is 11.2. The molecule has 0 N–H and O–H groups in total. The van der Waals surface area contributed by atoms with Crippen LogP contribution in [0.3, 0.4) is 0 Å². The first-order valence-electron chi connectivity index (χ1n) is 19.2. The zero-order valence-electron chi connectivity index (χ0n) is 30.8. The molecule has 0 saturated carbocycles. The molecule has 0 aliphatic carbocycles. The maximum Gasteiger partial charge on any atom is 0.238 e. The molecule has 0 amide bonds. The largest absolute Gasteiger partial charge is 0.278 e. The van der Waals surface area contributed by atoms with E-state index < -0.39 is 5.41 Å². The quantitative estimate of drug-likeness (QED) is 0.153. The molecule has 0 radical (unpaired) electrons. The van der Waals surface area contributed by atoms with Gasteiger partial charge in [-0.15, -0.1) is 11.3 Å². The minimum absolute atomic E-state index is 0.580. The number of hydrogen-bond acceptors (Lipinski definition) is 4. The van der Waals surface area contributed by atoms with E-state index in [9.17, 15) is 0 Å². The summed E-state index contributed by atoms with van der Waals surface area (Å²) in [6, 6.07) is 73.3. The van der Waals surface area contributed by atoms with Crippen LogP contribution in [-0.4, -0.2) is 19.5 Å². The molecule has 57 heavy (non-hydrogen) atoms. The van der Waals surface area contributed by atoms with Gasteiger partial charge in [-0.25, -0.2) is 4.98 Å². The molecule has 3 heterocycles. The first-order valence-corrected chi connectivity index (χ1v) is 20.0. The zero-order chi connectivity index (χ0) is 37.8. The number of benzene rings is 8. The van der Waals surface area contributed by atoms with Crippen LogP contribution in [0.5, 0.6) is 0 Å². The van der Waals surface area contributed by atoms with E-state index in [4.69, 9.17) is 15.0 Å². The molecular formula is C52H34N4S. The molecule has 3 aromatic heterocycles. The third-order valence-corrected chi connectivity index (χ3v) is 12.4. The average molecular weight is 747 g/mol. The smallest absolute Gasteiger partial charge is 0.238 e. The van der Waals surface area contributed by atoms with Gasteiger partial charge in [-0.3, -0.25) is 4.57 Å². The summed E-state index contributed by atoms with van der Waals surface area (Å²) in [5, 5.41) is 4.75. The predicted octanol–water partition coefficient (Wildman–Crippen LogP) is 13.1. The van der Waals surface area contributed by atoms with Crippen LogP contribution in [0.15, 0.2) is 206 Å². The zero-order valence-corrected chi connectivity index (χ0v) is 31.6. The minimum Gasteiger partial charge on any atom is -0.278 e. The third kappa shape index (κ3) is 5.31. The highest BCUT2D eigenvalue weighted by atomic mass is 32.1. The second kappa shape index (κ2) is 13.5. The summed E-state index contributed by atoms with van der Waals surface area (Å²) < 4.78 is 4.59. The topological polar surface area (TPSA) is 43.6 Å². The maximum atomic E-state index is 5.38. The van der Waals surface area contributed by atoms with Crippen molar-refractivity contribution in [2.45, 2.75) is 5.41 Å². The highest BCUT2D eigenvalue weighted by Gasteiger charge is 2.38. The Morgan fingerprint density at radius 3 is 1.51 bits per heavy atom. The number of para-hydroxylation sites is 2. The summed E-state index contributed by atoms with van der Waals surface area (Å²) in [6.07, 6.45) is 0. The molecule has 0 atom stereocenters. The van der Waals surface area contributed by atoms with Gasteiger partial charge in [0.25, 0.3) is 0 Å². The SMILES string of the molecule is c1ccc(C(c2ccccc2)(c2ccccc2)c2cccc(-c3nc(-c4cccc5c4sc4ccccc45)nc(-n4c5ccccc5c5ccccc54)n3)c2)cc1. The van der Waals surface area contributed by atoms with Crippen LogP contribution in [0.2, 0.25) is 0 Å². The Hall–Kier alpha value is -7.21. The second-order valence-electron chi connectivity index (χ2n) is 14.4. The molecule has 0 bridgehead atoms. The van der Waals surface area contributed by atoms with Gasteiger partial charge in [-0.1, -0.05) is 176 Å². The lowest BCUT2D eigenvalue weighted by Crippen LogP contribution is -2.31. The molecule has 0 unspecified atom stereocenters. The Bertz CT molecular complexity index is 3090. The molecule has 0 aliphatic rings. The number of thiophene rings is 1. The Morgan fingerprint density at radius 1 is 0.386 bits per heavy atom. The first kappa shape index (κ1) is 33.2. The van der Waals surface area contributed by atoms with E-state index in [2.05, 4.69) is 211 Å². The van der Waals surface area contributed by atoms with E-state index in [1.807, 2.05) is 0 Å². The van der Waals surface area contributed by atoms with Gasteiger partial charge in [-0.2, -0.15) is 9.97 Å². The monoisotopic (exact) mass is 746 g/mol. The van der Waals surface area contributed by atoms with Gasteiger partial charge in [0.05, 0.1) is 16.4 Å². The Balaban J connectivity index is 1.20. The standard InChI is InChI=1S/C52H34N4S/c1-4-19-36(20-5-1)52(37-21-6-2-7-22-37,38-23-8-3-9-24-38)39-25-16-18-35(34-39)49-53-50(44-30-17-29-43-42-28-12-15-33-47(42)57-48(43)44)55-51(54-49)56-45-31-13-10-26-40(45)41-27-11-14-32-46(41)56/h1-34H. The number of hydrogen-bond donors (Lipinski definition) is 0. The summed E-state index contributed by atoms with van der Waals surface area (Å²) in [7, 11) is 0. The molecule has 11 rings (SSSR count). The molecule has 0 spiro atoms. The average Bonchev–Trinajstić information content (AvgIpc) is 3.84. The van der Waals surface area contributed by atoms with Gasteiger partial charge in [0.2, 0.25) is 5.95 Å². The van der Waals surface area contributed by atoms with Crippen molar-refractivity contribution < 1.29 is 0 Å². The fraction of sp³-hybridized carbons (Fsp3) is 0.0192. The van der Waals surface area contributed by atoms with Crippen molar-refractivity contribution in [2.75, 3.05) is 0 Å². The van der Waals surface area contributed by atoms with Crippen molar-refractivity contribution in [3.8, 4) is 28.7 Å². The molecule has 0 saturated heterocycles. The summed E-state index contributed by atoms with van der Waals surface area (Å²) in [4.78, 5) is 16.1. The van der Waals surface area contributed by atoms with Crippen molar-refractivity contribution in [1.29, 1.82) is 0 Å². The summed E-state index contributed by atoms with van der Waals surface area (Å²) in [6.45, 7) is 0. The highest BCUT2D eigenvalue weighted by molar-refractivity contribution is 7.26. The highest BCUT2D eigenvalue weighted by Crippen LogP contribution is 2.46. The van der Waals surface area contributed by atoms with Crippen LogP contribution >= 0.6 is 11.3 Å². The van der Waals surface area contributed by atoms with Crippen LogP contribution in [-0.2, 0) is 5.41 Å². The summed E-state index contributed by atoms with van der Waals surface area (Å²) in [5.41, 5.74) is 8.04. The van der Waals surface area contributed by atoms with Crippen LogP contribution in [0.1, 0.15) is 22.3 Å². The predicted molar refractivity (Wildman–Crippen MR) is 236 cm³/mol. The van der Waals surface area contributed by atoms with Gasteiger partial charge < -0.3 is 0 Å². The Morgan fingerprint density at radius 2 is 0.877 bits per heavy atom. The van der Waals surface area contributed by atoms with E-state index in [-0.39, 0.29) is 0 Å². The van der Waals surface area contributed by atoms with Crippen LogP contribution in [0, 0.1) is 0 Å². The van der Waals surface area contributed by atoms with Crippen LogP contribution in [0.25, 0.3) is 70.7 Å². The van der Waals surface area contributed by atoms with Gasteiger partial charge in [0, 0.05) is 42.1 Å². The van der Waals surface area contributed by atoms with Gasteiger partial charge >= 0.3 is 0 Å².